The van der Waals surface area contributed by atoms with E-state index in [0.717, 1.165) is 17.1 Å². The SMILES string of the molecule is CC(=O)N(c1nc(C=CC(=O)NCCCSc2ccc(F)cc2)cs1)c1ccccc1F. The van der Waals surface area contributed by atoms with Crippen molar-refractivity contribution >= 4 is 51.8 Å². The molecule has 5 nitrogen and oxygen atoms in total. The van der Waals surface area contributed by atoms with Crippen molar-refractivity contribution in [1.29, 1.82) is 0 Å². The van der Waals surface area contributed by atoms with E-state index in [4.69, 9.17) is 0 Å². The first-order chi connectivity index (χ1) is 15.4. The zero-order chi connectivity index (χ0) is 22.9. The highest BCUT2D eigenvalue weighted by Crippen LogP contribution is 2.31. The molecule has 0 radical (unpaired) electrons. The molecule has 9 heteroatoms. The molecule has 0 bridgehead atoms. The normalized spacial score (nSPS) is 11.0. The number of nitrogens with zero attached hydrogens (tertiary/aromatic N) is 2. The molecule has 166 valence electrons. The predicted octanol–water partition coefficient (Wildman–Crippen LogP) is 5.42. The van der Waals surface area contributed by atoms with Crippen LogP contribution in [0.5, 0.6) is 0 Å². The van der Waals surface area contributed by atoms with Gasteiger partial charge >= 0.3 is 0 Å². The molecule has 2 aromatic carbocycles. The van der Waals surface area contributed by atoms with Gasteiger partial charge in [-0.2, -0.15) is 0 Å². The summed E-state index contributed by atoms with van der Waals surface area (Å²) < 4.78 is 27.0. The molecule has 0 fully saturated rings. The largest absolute Gasteiger partial charge is 0.353 e. The summed E-state index contributed by atoms with van der Waals surface area (Å²) in [5, 5.41) is 4.80. The van der Waals surface area contributed by atoms with Gasteiger partial charge in [0.05, 0.1) is 11.4 Å². The molecule has 2 amide bonds. The smallest absolute Gasteiger partial charge is 0.244 e. The first-order valence-corrected chi connectivity index (χ1v) is 11.7. The number of para-hydroxylation sites is 1. The van der Waals surface area contributed by atoms with Crippen LogP contribution < -0.4 is 10.2 Å². The Morgan fingerprint density at radius 2 is 1.91 bits per heavy atom. The van der Waals surface area contributed by atoms with Crippen molar-refractivity contribution < 1.29 is 18.4 Å². The van der Waals surface area contributed by atoms with Crippen LogP contribution in [-0.4, -0.2) is 29.1 Å². The first-order valence-electron chi connectivity index (χ1n) is 9.79. The van der Waals surface area contributed by atoms with Crippen molar-refractivity contribution in [3.05, 3.63) is 77.3 Å². The van der Waals surface area contributed by atoms with Crippen molar-refractivity contribution in [2.75, 3.05) is 17.2 Å². The molecule has 0 aliphatic heterocycles. The minimum absolute atomic E-state index is 0.126. The van der Waals surface area contributed by atoms with E-state index in [2.05, 4.69) is 10.3 Å². The Labute approximate surface area is 193 Å². The summed E-state index contributed by atoms with van der Waals surface area (Å²) in [7, 11) is 0. The van der Waals surface area contributed by atoms with E-state index in [0.29, 0.717) is 17.4 Å². The number of anilines is 2. The number of aromatic nitrogens is 1. The molecule has 1 aromatic heterocycles. The lowest BCUT2D eigenvalue weighted by atomic mass is 10.3. The van der Waals surface area contributed by atoms with Gasteiger partial charge in [-0.15, -0.1) is 23.1 Å². The van der Waals surface area contributed by atoms with Crippen LogP contribution in [0.3, 0.4) is 0 Å². The number of carbonyl (C=O) groups is 2. The third-order valence-corrected chi connectivity index (χ3v) is 6.16. The summed E-state index contributed by atoms with van der Waals surface area (Å²) in [4.78, 5) is 30.6. The number of amides is 2. The fourth-order valence-corrected chi connectivity index (χ4v) is 4.42. The summed E-state index contributed by atoms with van der Waals surface area (Å²) in [6.07, 6.45) is 3.67. The molecule has 0 aliphatic carbocycles. The maximum atomic E-state index is 14.1. The highest BCUT2D eigenvalue weighted by molar-refractivity contribution is 7.99. The summed E-state index contributed by atoms with van der Waals surface area (Å²) >= 11 is 2.78. The van der Waals surface area contributed by atoms with Crippen LogP contribution in [-0.2, 0) is 9.59 Å². The minimum atomic E-state index is -0.521. The minimum Gasteiger partial charge on any atom is -0.353 e. The monoisotopic (exact) mass is 473 g/mol. The van der Waals surface area contributed by atoms with E-state index in [9.17, 15) is 18.4 Å². The summed E-state index contributed by atoms with van der Waals surface area (Å²) in [6.45, 7) is 1.84. The zero-order valence-corrected chi connectivity index (χ0v) is 18.9. The lowest BCUT2D eigenvalue weighted by molar-refractivity contribution is -0.117. The molecule has 0 atom stereocenters. The van der Waals surface area contributed by atoms with E-state index < -0.39 is 5.82 Å². The van der Waals surface area contributed by atoms with Gasteiger partial charge in [-0.3, -0.25) is 14.5 Å². The van der Waals surface area contributed by atoms with Crippen LogP contribution in [0, 0.1) is 11.6 Å². The Bertz CT molecular complexity index is 1100. The van der Waals surface area contributed by atoms with Gasteiger partial charge in [-0.05, 0) is 54.6 Å². The van der Waals surface area contributed by atoms with Gasteiger partial charge in [-0.1, -0.05) is 12.1 Å². The van der Waals surface area contributed by atoms with E-state index >= 15 is 0 Å². The Balaban J connectivity index is 1.49. The fourth-order valence-electron chi connectivity index (χ4n) is 2.72. The fraction of sp³-hybridized carbons (Fsp3) is 0.174. The highest BCUT2D eigenvalue weighted by atomic mass is 32.2. The Morgan fingerprint density at radius 1 is 1.16 bits per heavy atom. The van der Waals surface area contributed by atoms with Crippen LogP contribution in [0.2, 0.25) is 0 Å². The number of nitrogens with one attached hydrogen (secondary N) is 1. The van der Waals surface area contributed by atoms with Crippen molar-refractivity contribution in [1.82, 2.24) is 10.3 Å². The molecule has 0 aliphatic rings. The van der Waals surface area contributed by atoms with Gasteiger partial charge in [0.2, 0.25) is 11.8 Å². The molecule has 32 heavy (non-hydrogen) atoms. The molecule has 1 N–H and O–H groups in total. The van der Waals surface area contributed by atoms with E-state index in [1.807, 2.05) is 0 Å². The molecule has 0 saturated heterocycles. The van der Waals surface area contributed by atoms with Gasteiger partial charge < -0.3 is 5.32 Å². The van der Waals surface area contributed by atoms with Crippen LogP contribution in [0.4, 0.5) is 19.6 Å². The maximum absolute atomic E-state index is 14.1. The number of halogens is 2. The molecule has 3 rings (SSSR count). The van der Waals surface area contributed by atoms with Gasteiger partial charge in [0, 0.05) is 29.8 Å². The van der Waals surface area contributed by atoms with Crippen LogP contribution in [0.1, 0.15) is 19.0 Å². The molecule has 1 heterocycles. The van der Waals surface area contributed by atoms with Gasteiger partial charge in [-0.25, -0.2) is 13.8 Å². The second-order valence-corrected chi connectivity index (χ2v) is 8.65. The van der Waals surface area contributed by atoms with E-state index in [-0.39, 0.29) is 23.3 Å². The third-order valence-electron chi connectivity index (χ3n) is 4.22. The number of carbonyl (C=O) groups excluding carboxylic acids is 2. The highest BCUT2D eigenvalue weighted by Gasteiger charge is 2.20. The molecule has 0 saturated carbocycles. The van der Waals surface area contributed by atoms with Gasteiger partial charge in [0.25, 0.3) is 0 Å². The van der Waals surface area contributed by atoms with E-state index in [1.165, 1.54) is 53.5 Å². The van der Waals surface area contributed by atoms with E-state index in [1.54, 1.807) is 47.5 Å². The lowest BCUT2D eigenvalue weighted by Gasteiger charge is -2.18. The van der Waals surface area contributed by atoms with Crippen molar-refractivity contribution in [2.45, 2.75) is 18.2 Å². The standard InChI is InChI=1S/C23H21F2N3O2S2/c1-16(29)28(21-6-3-2-5-20(21)25)23-27-18(15-32-23)9-12-22(30)26-13-4-14-31-19-10-7-17(24)8-11-19/h2-3,5-12,15H,4,13-14H2,1H3,(H,26,30). The van der Waals surface area contributed by atoms with Crippen molar-refractivity contribution in [3.63, 3.8) is 0 Å². The second kappa shape index (κ2) is 11.5. The molecule has 3 aromatic rings. The number of rotatable bonds is 9. The van der Waals surface area contributed by atoms with Gasteiger partial charge in [0.15, 0.2) is 5.13 Å². The number of benzene rings is 2. The van der Waals surface area contributed by atoms with Crippen LogP contribution in [0.15, 0.2) is 64.9 Å². The topological polar surface area (TPSA) is 62.3 Å². The summed E-state index contributed by atoms with van der Waals surface area (Å²) in [5.41, 5.74) is 0.621. The van der Waals surface area contributed by atoms with Crippen molar-refractivity contribution in [2.24, 2.45) is 0 Å². The molecular formula is C23H21F2N3O2S2. The number of thioether (sulfide) groups is 1. The molecule has 0 spiro atoms. The molecule has 0 unspecified atom stereocenters. The predicted molar refractivity (Wildman–Crippen MR) is 125 cm³/mol. The number of hydrogen-bond acceptors (Lipinski definition) is 5. The van der Waals surface area contributed by atoms with Crippen LogP contribution in [0.25, 0.3) is 6.08 Å². The van der Waals surface area contributed by atoms with Crippen LogP contribution >= 0.6 is 23.1 Å². The van der Waals surface area contributed by atoms with Gasteiger partial charge in [0.1, 0.15) is 11.6 Å². The first kappa shape index (κ1) is 23.6. The summed E-state index contributed by atoms with van der Waals surface area (Å²) in [5.74, 6) is -0.615. The third kappa shape index (κ3) is 6.73. The Kier molecular flexibility index (Phi) is 8.52. The second-order valence-electron chi connectivity index (χ2n) is 6.64. The molecular weight excluding hydrogens is 452 g/mol. The number of hydrogen-bond donors (Lipinski definition) is 1. The Morgan fingerprint density at radius 3 is 2.62 bits per heavy atom. The maximum Gasteiger partial charge on any atom is 0.244 e. The van der Waals surface area contributed by atoms with Crippen molar-refractivity contribution in [3.8, 4) is 0 Å². The lowest BCUT2D eigenvalue weighted by Crippen LogP contribution is -2.23. The Hall–Kier alpha value is -3.04. The average Bonchev–Trinajstić information content (AvgIpc) is 3.23. The number of thiazole rings is 1. The summed E-state index contributed by atoms with van der Waals surface area (Å²) in [6, 6.07) is 12.3. The zero-order valence-electron chi connectivity index (χ0n) is 17.3. The quantitative estimate of drug-likeness (QED) is 0.256. The average molecular weight is 474 g/mol.